The average Bonchev–Trinajstić information content (AvgIpc) is 2.87. The Balaban J connectivity index is 1.95. The number of rotatable bonds is 5. The van der Waals surface area contributed by atoms with Crippen molar-refractivity contribution in [3.05, 3.63) is 59.8 Å². The second-order valence-electron chi connectivity index (χ2n) is 5.68. The highest BCUT2D eigenvalue weighted by atomic mass is 32.1. The number of benzene rings is 2. The molecule has 0 bridgehead atoms. The summed E-state index contributed by atoms with van der Waals surface area (Å²) >= 11 is 5.49. The van der Waals surface area contributed by atoms with Crippen LogP contribution in [-0.2, 0) is 4.79 Å². The normalized spacial score (nSPS) is 15.7. The molecule has 2 aromatic rings. The second kappa shape index (κ2) is 7.58. The summed E-state index contributed by atoms with van der Waals surface area (Å²) in [6.45, 7) is 2.52. The Kier molecular flexibility index (Phi) is 5.23. The van der Waals surface area contributed by atoms with Crippen molar-refractivity contribution < 1.29 is 14.3 Å². The first-order valence-electron chi connectivity index (χ1n) is 8.26. The Bertz CT molecular complexity index is 862. The maximum Gasteiger partial charge on any atom is 0.281 e. The molecule has 1 amide bonds. The number of carbonyl (C=O) groups is 1. The van der Waals surface area contributed by atoms with E-state index in [1.54, 1.807) is 25.1 Å². The van der Waals surface area contributed by atoms with Crippen LogP contribution in [0.1, 0.15) is 12.5 Å². The smallest absolute Gasteiger partial charge is 0.281 e. The van der Waals surface area contributed by atoms with Gasteiger partial charge < -0.3 is 14.4 Å². The van der Waals surface area contributed by atoms with Gasteiger partial charge in [0.15, 0.2) is 5.11 Å². The lowest BCUT2D eigenvalue weighted by molar-refractivity contribution is -0.114. The van der Waals surface area contributed by atoms with Gasteiger partial charge in [-0.2, -0.15) is 0 Å². The average molecular weight is 368 g/mol. The molecule has 0 spiro atoms. The second-order valence-corrected chi connectivity index (χ2v) is 6.05. The Labute approximate surface area is 158 Å². The van der Waals surface area contributed by atoms with E-state index < -0.39 is 0 Å². The van der Waals surface area contributed by atoms with Crippen LogP contribution in [0.3, 0.4) is 0 Å². The number of ether oxygens (including phenoxy) is 2. The van der Waals surface area contributed by atoms with Crippen molar-refractivity contribution in [2.75, 3.05) is 25.7 Å². The minimum atomic E-state index is -0.174. The summed E-state index contributed by atoms with van der Waals surface area (Å²) in [7, 11) is 3.39. The van der Waals surface area contributed by atoms with Crippen molar-refractivity contribution in [1.82, 2.24) is 4.90 Å². The van der Waals surface area contributed by atoms with Crippen molar-refractivity contribution in [2.45, 2.75) is 6.92 Å². The summed E-state index contributed by atoms with van der Waals surface area (Å²) in [4.78, 5) is 16.2. The standard InChI is InChI=1S/C20H20N2O3S/c1-4-25-16-11-9-15(10-12-16)22-19(23)17(21(2)20(22)26)13-14-7-5-6-8-18(14)24-3/h5-13H,4H2,1-3H3. The zero-order valence-corrected chi connectivity index (χ0v) is 15.7. The molecule has 6 heteroatoms. The SMILES string of the molecule is CCOc1ccc(N2C(=O)C(=Cc3ccccc3OC)N(C)C2=S)cc1. The summed E-state index contributed by atoms with van der Waals surface area (Å²) in [5.41, 5.74) is 2.02. The van der Waals surface area contributed by atoms with Gasteiger partial charge in [-0.25, -0.2) is 0 Å². The number of likely N-dealkylation sites (N-methyl/N-ethyl adjacent to an activating group) is 1. The predicted octanol–water partition coefficient (Wildman–Crippen LogP) is 3.70. The fourth-order valence-electron chi connectivity index (χ4n) is 2.78. The van der Waals surface area contributed by atoms with E-state index in [-0.39, 0.29) is 5.91 Å². The quantitative estimate of drug-likeness (QED) is 0.595. The van der Waals surface area contributed by atoms with Crippen molar-refractivity contribution in [3.63, 3.8) is 0 Å². The van der Waals surface area contributed by atoms with Gasteiger partial charge in [-0.1, -0.05) is 18.2 Å². The number of hydrogen-bond donors (Lipinski definition) is 0. The highest BCUT2D eigenvalue weighted by molar-refractivity contribution is 7.80. The molecule has 0 saturated carbocycles. The minimum Gasteiger partial charge on any atom is -0.496 e. The van der Waals surface area contributed by atoms with Gasteiger partial charge in [0.25, 0.3) is 5.91 Å². The summed E-state index contributed by atoms with van der Waals surface area (Å²) in [5, 5.41) is 0.431. The molecule has 1 heterocycles. The van der Waals surface area contributed by atoms with Crippen LogP contribution in [0.25, 0.3) is 6.08 Å². The van der Waals surface area contributed by atoms with Gasteiger partial charge in [0.05, 0.1) is 19.4 Å². The summed E-state index contributed by atoms with van der Waals surface area (Å²) < 4.78 is 10.8. The molecule has 2 aromatic carbocycles. The summed E-state index contributed by atoms with van der Waals surface area (Å²) in [6.07, 6.45) is 1.79. The number of anilines is 1. The molecule has 0 radical (unpaired) electrons. The molecule has 0 aliphatic carbocycles. The number of amides is 1. The first kappa shape index (κ1) is 17.9. The number of thiocarbonyl (C=S) groups is 1. The van der Waals surface area contributed by atoms with Crippen LogP contribution in [0.4, 0.5) is 5.69 Å². The van der Waals surface area contributed by atoms with Crippen molar-refractivity contribution >= 4 is 35.0 Å². The van der Waals surface area contributed by atoms with Crippen LogP contribution < -0.4 is 14.4 Å². The van der Waals surface area contributed by atoms with Crippen LogP contribution in [0, 0.1) is 0 Å². The maximum atomic E-state index is 13.0. The molecule has 0 unspecified atom stereocenters. The van der Waals surface area contributed by atoms with E-state index in [0.717, 1.165) is 11.3 Å². The van der Waals surface area contributed by atoms with Gasteiger partial charge in [-0.15, -0.1) is 0 Å². The van der Waals surface area contributed by atoms with Gasteiger partial charge in [-0.05, 0) is 55.5 Å². The third-order valence-electron chi connectivity index (χ3n) is 4.10. The highest BCUT2D eigenvalue weighted by Crippen LogP contribution is 2.30. The van der Waals surface area contributed by atoms with E-state index in [1.165, 1.54) is 4.90 Å². The highest BCUT2D eigenvalue weighted by Gasteiger charge is 2.36. The van der Waals surface area contributed by atoms with Gasteiger partial charge >= 0.3 is 0 Å². The first-order chi connectivity index (χ1) is 12.6. The fraction of sp³-hybridized carbons (Fsp3) is 0.200. The lowest BCUT2D eigenvalue weighted by Gasteiger charge is -2.16. The largest absolute Gasteiger partial charge is 0.496 e. The van der Waals surface area contributed by atoms with E-state index in [2.05, 4.69) is 0 Å². The van der Waals surface area contributed by atoms with Crippen LogP contribution >= 0.6 is 12.2 Å². The number of nitrogens with zero attached hydrogens (tertiary/aromatic N) is 2. The van der Waals surface area contributed by atoms with Gasteiger partial charge in [0.1, 0.15) is 17.2 Å². The van der Waals surface area contributed by atoms with Crippen LogP contribution in [0.5, 0.6) is 11.5 Å². The van der Waals surface area contributed by atoms with Gasteiger partial charge in [0.2, 0.25) is 0 Å². The molecule has 134 valence electrons. The summed E-state index contributed by atoms with van der Waals surface area (Å²) in [5.74, 6) is 1.28. The van der Waals surface area contributed by atoms with Crippen molar-refractivity contribution in [1.29, 1.82) is 0 Å². The van der Waals surface area contributed by atoms with E-state index in [9.17, 15) is 4.79 Å². The van der Waals surface area contributed by atoms with E-state index in [1.807, 2.05) is 55.5 Å². The molecule has 0 aromatic heterocycles. The third kappa shape index (κ3) is 3.28. The Hall–Kier alpha value is -2.86. The molecule has 1 saturated heterocycles. The van der Waals surface area contributed by atoms with Crippen LogP contribution in [-0.4, -0.2) is 36.7 Å². The van der Waals surface area contributed by atoms with Gasteiger partial charge in [-0.3, -0.25) is 9.69 Å². The van der Waals surface area contributed by atoms with E-state index in [4.69, 9.17) is 21.7 Å². The molecule has 1 fully saturated rings. The van der Waals surface area contributed by atoms with Crippen molar-refractivity contribution in [2.24, 2.45) is 0 Å². The topological polar surface area (TPSA) is 42.0 Å². The minimum absolute atomic E-state index is 0.174. The predicted molar refractivity (Wildman–Crippen MR) is 106 cm³/mol. The number of para-hydroxylation sites is 1. The molecule has 0 atom stereocenters. The number of methoxy groups -OCH3 is 1. The Morgan fingerprint density at radius 2 is 1.81 bits per heavy atom. The molecule has 1 aliphatic heterocycles. The molecule has 26 heavy (non-hydrogen) atoms. The lowest BCUT2D eigenvalue weighted by Crippen LogP contribution is -2.31. The molecule has 1 aliphatic rings. The molecule has 0 N–H and O–H groups in total. The molecular weight excluding hydrogens is 348 g/mol. The third-order valence-corrected chi connectivity index (χ3v) is 4.56. The maximum absolute atomic E-state index is 13.0. The number of carbonyl (C=O) groups excluding carboxylic acids is 1. The fourth-order valence-corrected chi connectivity index (χ4v) is 3.06. The van der Waals surface area contributed by atoms with Crippen molar-refractivity contribution in [3.8, 4) is 11.5 Å². The Morgan fingerprint density at radius 3 is 2.46 bits per heavy atom. The van der Waals surface area contributed by atoms with E-state index in [0.29, 0.717) is 28.9 Å². The van der Waals surface area contributed by atoms with E-state index >= 15 is 0 Å². The molecule has 3 rings (SSSR count). The molecule has 5 nitrogen and oxygen atoms in total. The lowest BCUT2D eigenvalue weighted by atomic mass is 10.1. The monoisotopic (exact) mass is 368 g/mol. The van der Waals surface area contributed by atoms with Gasteiger partial charge in [0, 0.05) is 12.6 Å². The number of hydrogen-bond acceptors (Lipinski definition) is 4. The summed E-state index contributed by atoms with van der Waals surface area (Å²) in [6, 6.07) is 14.9. The Morgan fingerprint density at radius 1 is 1.12 bits per heavy atom. The van der Waals surface area contributed by atoms with Crippen LogP contribution in [0.15, 0.2) is 54.2 Å². The first-order valence-corrected chi connectivity index (χ1v) is 8.67. The van der Waals surface area contributed by atoms with Crippen LogP contribution in [0.2, 0.25) is 0 Å². The molecular formula is C20H20N2O3S. The zero-order valence-electron chi connectivity index (χ0n) is 14.9. The zero-order chi connectivity index (χ0) is 18.7.